The summed E-state index contributed by atoms with van der Waals surface area (Å²) < 4.78 is 32.5. The molecule has 0 radical (unpaired) electrons. The molecule has 0 saturated carbocycles. The molecule has 0 saturated heterocycles. The Morgan fingerprint density at radius 2 is 1.74 bits per heavy atom. The summed E-state index contributed by atoms with van der Waals surface area (Å²) in [6.45, 7) is 1.32. The van der Waals surface area contributed by atoms with Crippen LogP contribution in [0.2, 0.25) is 0 Å². The highest BCUT2D eigenvalue weighted by atomic mass is 32.2. The van der Waals surface area contributed by atoms with Crippen molar-refractivity contribution in [2.24, 2.45) is 0 Å². The van der Waals surface area contributed by atoms with Crippen LogP contribution in [0.1, 0.15) is 12.7 Å². The molecule has 3 aromatic rings. The molecule has 2 aromatic carbocycles. The van der Waals surface area contributed by atoms with Gasteiger partial charge in [0.25, 0.3) is 0 Å². The maximum atomic E-state index is 12.2. The summed E-state index contributed by atoms with van der Waals surface area (Å²) >= 11 is 0. The summed E-state index contributed by atoms with van der Waals surface area (Å²) in [5, 5.41) is 11.4. The van der Waals surface area contributed by atoms with Crippen LogP contribution in [0.5, 0.6) is 0 Å². The number of benzene rings is 2. The van der Waals surface area contributed by atoms with Crippen LogP contribution >= 0.6 is 0 Å². The third kappa shape index (κ3) is 3.29. The molecule has 0 aliphatic carbocycles. The van der Waals surface area contributed by atoms with E-state index in [1.54, 1.807) is 30.3 Å². The second-order valence-electron chi connectivity index (χ2n) is 5.56. The van der Waals surface area contributed by atoms with Crippen molar-refractivity contribution >= 4 is 21.0 Å². The summed E-state index contributed by atoms with van der Waals surface area (Å²) in [7, 11) is -3.68. The van der Waals surface area contributed by atoms with E-state index in [0.717, 1.165) is 5.39 Å². The largest absolute Gasteiger partial charge is 0.458 e. The van der Waals surface area contributed by atoms with Crippen molar-refractivity contribution in [3.8, 4) is 0 Å². The lowest BCUT2D eigenvalue weighted by molar-refractivity contribution is 0.0412. The highest BCUT2D eigenvalue weighted by Gasteiger charge is 2.29. The summed E-state index contributed by atoms with van der Waals surface area (Å²) in [6, 6.07) is 17.1. The van der Waals surface area contributed by atoms with Crippen molar-refractivity contribution in [2.45, 2.75) is 17.4 Å². The van der Waals surface area contributed by atoms with Gasteiger partial charge in [0, 0.05) is 11.9 Å². The summed E-state index contributed by atoms with van der Waals surface area (Å²) in [6.07, 6.45) is 0. The van der Waals surface area contributed by atoms with E-state index in [0.29, 0.717) is 11.3 Å². The van der Waals surface area contributed by atoms with Gasteiger partial charge in [0.1, 0.15) is 16.9 Å². The molecule has 1 heterocycles. The van der Waals surface area contributed by atoms with Gasteiger partial charge in [-0.3, -0.25) is 0 Å². The maximum Gasteiger partial charge on any atom is 0.240 e. The summed E-state index contributed by atoms with van der Waals surface area (Å²) in [5.74, 6) is 0.314. The van der Waals surface area contributed by atoms with Gasteiger partial charge in [-0.25, -0.2) is 13.1 Å². The van der Waals surface area contributed by atoms with Gasteiger partial charge in [0.05, 0.1) is 4.90 Å². The lowest BCUT2D eigenvalue weighted by Crippen LogP contribution is -2.38. The number of nitrogens with one attached hydrogen (secondary N) is 1. The van der Waals surface area contributed by atoms with E-state index in [2.05, 4.69) is 4.72 Å². The van der Waals surface area contributed by atoms with Crippen LogP contribution < -0.4 is 4.72 Å². The van der Waals surface area contributed by atoms with Gasteiger partial charge in [-0.2, -0.15) is 0 Å². The first kappa shape index (κ1) is 15.7. The van der Waals surface area contributed by atoms with Gasteiger partial charge in [-0.05, 0) is 31.2 Å². The molecular weight excluding hydrogens is 314 g/mol. The number of para-hydroxylation sites is 1. The van der Waals surface area contributed by atoms with Crippen LogP contribution in [-0.2, 0) is 15.6 Å². The lowest BCUT2D eigenvalue weighted by Gasteiger charge is -2.21. The maximum absolute atomic E-state index is 12.2. The van der Waals surface area contributed by atoms with Crippen LogP contribution in [0.3, 0.4) is 0 Å². The quantitative estimate of drug-likeness (QED) is 0.753. The molecule has 0 bridgehead atoms. The fraction of sp³-hybridized carbons (Fsp3) is 0.176. The fourth-order valence-electron chi connectivity index (χ4n) is 2.25. The molecule has 1 aromatic heterocycles. The molecular formula is C17H17NO4S. The number of furan rings is 1. The van der Waals surface area contributed by atoms with E-state index < -0.39 is 15.6 Å². The molecule has 3 rings (SSSR count). The van der Waals surface area contributed by atoms with Gasteiger partial charge in [0.2, 0.25) is 10.0 Å². The van der Waals surface area contributed by atoms with Crippen molar-refractivity contribution in [2.75, 3.05) is 6.54 Å². The van der Waals surface area contributed by atoms with E-state index >= 15 is 0 Å². The number of fused-ring (bicyclic) bond motifs is 1. The molecule has 0 aliphatic heterocycles. The predicted octanol–water partition coefficient (Wildman–Crippen LogP) is 2.62. The predicted molar refractivity (Wildman–Crippen MR) is 87.4 cm³/mol. The van der Waals surface area contributed by atoms with Gasteiger partial charge in [0.15, 0.2) is 0 Å². The Bertz CT molecular complexity index is 881. The molecule has 5 nitrogen and oxygen atoms in total. The Morgan fingerprint density at radius 1 is 1.09 bits per heavy atom. The highest BCUT2D eigenvalue weighted by molar-refractivity contribution is 7.89. The normalized spacial score (nSPS) is 14.7. The molecule has 6 heteroatoms. The Labute approximate surface area is 134 Å². The summed E-state index contributed by atoms with van der Waals surface area (Å²) in [5.41, 5.74) is -0.811. The van der Waals surface area contributed by atoms with Crippen molar-refractivity contribution in [1.82, 2.24) is 4.72 Å². The second kappa shape index (κ2) is 5.81. The van der Waals surface area contributed by atoms with Gasteiger partial charge < -0.3 is 9.52 Å². The number of hydrogen-bond acceptors (Lipinski definition) is 4. The topological polar surface area (TPSA) is 79.5 Å². The molecule has 0 amide bonds. The zero-order chi connectivity index (χ0) is 16.5. The molecule has 0 spiro atoms. The first-order chi connectivity index (χ1) is 10.9. The lowest BCUT2D eigenvalue weighted by atomic mass is 10.0. The second-order valence-corrected chi connectivity index (χ2v) is 7.33. The highest BCUT2D eigenvalue weighted by Crippen LogP contribution is 2.27. The standard InChI is InChI=1S/C17H17NO4S/c1-17(19,16-11-13-7-5-6-10-15(13)22-16)12-18-23(20,21)14-8-3-2-4-9-14/h2-11,18-19H,12H2,1H3. The number of aliphatic hydroxyl groups is 1. The van der Waals surface area contributed by atoms with Crippen molar-refractivity contribution < 1.29 is 17.9 Å². The number of sulfonamides is 1. The Morgan fingerprint density at radius 3 is 2.43 bits per heavy atom. The fourth-order valence-corrected chi connectivity index (χ4v) is 3.41. The van der Waals surface area contributed by atoms with E-state index in [9.17, 15) is 13.5 Å². The molecule has 1 atom stereocenters. The molecule has 0 aliphatic rings. The third-order valence-electron chi connectivity index (χ3n) is 3.62. The molecule has 1 unspecified atom stereocenters. The Hall–Kier alpha value is -2.15. The minimum Gasteiger partial charge on any atom is -0.458 e. The minimum atomic E-state index is -3.68. The van der Waals surface area contributed by atoms with Crippen LogP contribution in [0, 0.1) is 0 Å². The van der Waals surface area contributed by atoms with Crippen LogP contribution in [0.15, 0.2) is 70.0 Å². The molecule has 120 valence electrons. The zero-order valence-electron chi connectivity index (χ0n) is 12.6. The average Bonchev–Trinajstić information content (AvgIpc) is 2.99. The van der Waals surface area contributed by atoms with E-state index in [1.807, 2.05) is 18.2 Å². The first-order valence-electron chi connectivity index (χ1n) is 7.15. The van der Waals surface area contributed by atoms with Gasteiger partial charge in [-0.15, -0.1) is 0 Å². The van der Waals surface area contributed by atoms with Crippen molar-refractivity contribution in [1.29, 1.82) is 0 Å². The summed E-state index contributed by atoms with van der Waals surface area (Å²) in [4.78, 5) is 0.153. The van der Waals surface area contributed by atoms with Crippen molar-refractivity contribution in [3.05, 3.63) is 66.4 Å². The number of rotatable bonds is 5. The smallest absolute Gasteiger partial charge is 0.240 e. The molecule has 0 fully saturated rings. The van der Waals surface area contributed by atoms with Gasteiger partial charge >= 0.3 is 0 Å². The Kier molecular flexibility index (Phi) is 3.97. The van der Waals surface area contributed by atoms with Crippen LogP contribution in [-0.4, -0.2) is 20.1 Å². The monoisotopic (exact) mass is 331 g/mol. The SMILES string of the molecule is CC(O)(CNS(=O)(=O)c1ccccc1)c1cc2ccccc2o1. The molecule has 23 heavy (non-hydrogen) atoms. The minimum absolute atomic E-state index is 0.153. The third-order valence-corrected chi connectivity index (χ3v) is 5.03. The van der Waals surface area contributed by atoms with E-state index in [-0.39, 0.29) is 11.4 Å². The van der Waals surface area contributed by atoms with Crippen LogP contribution in [0.25, 0.3) is 11.0 Å². The molecule has 2 N–H and O–H groups in total. The van der Waals surface area contributed by atoms with Gasteiger partial charge in [-0.1, -0.05) is 36.4 Å². The van der Waals surface area contributed by atoms with Crippen LogP contribution in [0.4, 0.5) is 0 Å². The van der Waals surface area contributed by atoms with Crippen molar-refractivity contribution in [3.63, 3.8) is 0 Å². The first-order valence-corrected chi connectivity index (χ1v) is 8.63. The van der Waals surface area contributed by atoms with E-state index in [4.69, 9.17) is 4.42 Å². The Balaban J connectivity index is 1.81. The zero-order valence-corrected chi connectivity index (χ0v) is 13.4. The number of hydrogen-bond donors (Lipinski definition) is 2. The van der Waals surface area contributed by atoms with E-state index in [1.165, 1.54) is 19.1 Å². The average molecular weight is 331 g/mol.